The first-order valence-electron chi connectivity index (χ1n) is 6.98. The van der Waals surface area contributed by atoms with E-state index in [-0.39, 0.29) is 5.91 Å². The molecule has 1 fully saturated rings. The number of hydrogen-bond acceptors (Lipinski definition) is 3. The molecule has 1 aliphatic rings. The van der Waals surface area contributed by atoms with Gasteiger partial charge in [0.05, 0.1) is 10.6 Å². The van der Waals surface area contributed by atoms with Gasteiger partial charge in [0.1, 0.15) is 0 Å². The van der Waals surface area contributed by atoms with Crippen LogP contribution < -0.4 is 5.73 Å². The SMILES string of the molecule is Nc1ccc(Cl)c(C(=O)N2CCCC(c3ccn[nH]3)C2)c1. The molecule has 0 bridgehead atoms. The van der Waals surface area contributed by atoms with Crippen molar-refractivity contribution in [3.05, 3.63) is 46.7 Å². The molecule has 3 N–H and O–H groups in total. The van der Waals surface area contributed by atoms with Gasteiger partial charge in [-0.15, -0.1) is 0 Å². The summed E-state index contributed by atoms with van der Waals surface area (Å²) in [5.41, 5.74) is 7.85. The molecule has 0 saturated carbocycles. The Hall–Kier alpha value is -2.01. The smallest absolute Gasteiger partial charge is 0.255 e. The number of amides is 1. The predicted molar refractivity (Wildman–Crippen MR) is 82.3 cm³/mol. The molecule has 0 aliphatic carbocycles. The van der Waals surface area contributed by atoms with Crippen LogP contribution in [0.25, 0.3) is 0 Å². The van der Waals surface area contributed by atoms with E-state index in [0.29, 0.717) is 28.7 Å². The summed E-state index contributed by atoms with van der Waals surface area (Å²) < 4.78 is 0. The fraction of sp³-hybridized carbons (Fsp3) is 0.333. The van der Waals surface area contributed by atoms with Gasteiger partial charge in [-0.05, 0) is 37.1 Å². The third-order valence-corrected chi connectivity index (χ3v) is 4.22. The molecule has 1 atom stereocenters. The highest BCUT2D eigenvalue weighted by Gasteiger charge is 2.27. The fourth-order valence-electron chi connectivity index (χ4n) is 2.79. The number of nitrogen functional groups attached to an aromatic ring is 1. The molecule has 1 amide bonds. The Morgan fingerprint density at radius 1 is 1.43 bits per heavy atom. The predicted octanol–water partition coefficient (Wildman–Crippen LogP) is 2.67. The molecule has 1 aromatic carbocycles. The molecule has 6 heteroatoms. The summed E-state index contributed by atoms with van der Waals surface area (Å²) in [6.45, 7) is 1.42. The maximum Gasteiger partial charge on any atom is 0.255 e. The first kappa shape index (κ1) is 13.9. The van der Waals surface area contributed by atoms with Crippen molar-refractivity contribution in [3.63, 3.8) is 0 Å². The maximum atomic E-state index is 12.6. The van der Waals surface area contributed by atoms with Crippen LogP contribution in [0.15, 0.2) is 30.5 Å². The van der Waals surface area contributed by atoms with Crippen LogP contribution in [0, 0.1) is 0 Å². The standard InChI is InChI=1S/C15H17ClN4O/c16-13-4-3-11(17)8-12(13)15(21)20-7-1-2-10(9-20)14-5-6-18-19-14/h3-6,8,10H,1-2,7,9,17H2,(H,18,19). The summed E-state index contributed by atoms with van der Waals surface area (Å²) in [6.07, 6.45) is 3.76. The van der Waals surface area contributed by atoms with Crippen LogP contribution in [0.5, 0.6) is 0 Å². The van der Waals surface area contributed by atoms with Gasteiger partial charge in [-0.1, -0.05) is 11.6 Å². The number of aromatic nitrogens is 2. The van der Waals surface area contributed by atoms with E-state index >= 15 is 0 Å². The van der Waals surface area contributed by atoms with Crippen LogP contribution in [-0.4, -0.2) is 34.1 Å². The van der Waals surface area contributed by atoms with E-state index in [4.69, 9.17) is 17.3 Å². The zero-order valence-electron chi connectivity index (χ0n) is 11.6. The van der Waals surface area contributed by atoms with Crippen LogP contribution in [0.3, 0.4) is 0 Å². The van der Waals surface area contributed by atoms with Crippen LogP contribution in [0.2, 0.25) is 5.02 Å². The number of halogens is 1. The minimum Gasteiger partial charge on any atom is -0.399 e. The summed E-state index contributed by atoms with van der Waals surface area (Å²) in [4.78, 5) is 14.5. The lowest BCUT2D eigenvalue weighted by Crippen LogP contribution is -2.39. The highest BCUT2D eigenvalue weighted by atomic mass is 35.5. The average Bonchev–Trinajstić information content (AvgIpc) is 3.03. The highest BCUT2D eigenvalue weighted by Crippen LogP contribution is 2.28. The Morgan fingerprint density at radius 2 is 2.29 bits per heavy atom. The first-order chi connectivity index (χ1) is 10.1. The van der Waals surface area contributed by atoms with Gasteiger partial charge in [-0.2, -0.15) is 5.10 Å². The lowest BCUT2D eigenvalue weighted by atomic mass is 9.94. The zero-order chi connectivity index (χ0) is 14.8. The second-order valence-electron chi connectivity index (χ2n) is 5.34. The minimum absolute atomic E-state index is 0.0588. The second-order valence-corrected chi connectivity index (χ2v) is 5.75. The van der Waals surface area contributed by atoms with Crippen molar-refractivity contribution >= 4 is 23.2 Å². The number of carbonyl (C=O) groups is 1. The van der Waals surface area contributed by atoms with Crippen LogP contribution in [-0.2, 0) is 0 Å². The van der Waals surface area contributed by atoms with Crippen LogP contribution >= 0.6 is 11.6 Å². The van der Waals surface area contributed by atoms with Crippen molar-refractivity contribution < 1.29 is 4.79 Å². The van der Waals surface area contributed by atoms with Gasteiger partial charge in [0.25, 0.3) is 5.91 Å². The number of nitrogens with two attached hydrogens (primary N) is 1. The Labute approximate surface area is 128 Å². The lowest BCUT2D eigenvalue weighted by molar-refractivity contribution is 0.0706. The molecule has 3 rings (SSSR count). The molecule has 1 aromatic heterocycles. The van der Waals surface area contributed by atoms with Crippen molar-refractivity contribution in [2.45, 2.75) is 18.8 Å². The van der Waals surface area contributed by atoms with Gasteiger partial charge in [0.2, 0.25) is 0 Å². The van der Waals surface area contributed by atoms with Crippen molar-refractivity contribution in [1.29, 1.82) is 0 Å². The lowest BCUT2D eigenvalue weighted by Gasteiger charge is -2.32. The van der Waals surface area contributed by atoms with Crippen molar-refractivity contribution in [2.24, 2.45) is 0 Å². The van der Waals surface area contributed by atoms with E-state index < -0.39 is 0 Å². The van der Waals surface area contributed by atoms with E-state index in [0.717, 1.165) is 25.1 Å². The molecule has 21 heavy (non-hydrogen) atoms. The Balaban J connectivity index is 1.79. The largest absolute Gasteiger partial charge is 0.399 e. The monoisotopic (exact) mass is 304 g/mol. The zero-order valence-corrected chi connectivity index (χ0v) is 12.3. The molecule has 1 saturated heterocycles. The molecule has 1 aliphatic heterocycles. The van der Waals surface area contributed by atoms with E-state index in [1.807, 2.05) is 11.0 Å². The highest BCUT2D eigenvalue weighted by molar-refractivity contribution is 6.34. The Morgan fingerprint density at radius 3 is 3.05 bits per heavy atom. The quantitative estimate of drug-likeness (QED) is 0.838. The number of rotatable bonds is 2. The molecular formula is C15H17ClN4O. The summed E-state index contributed by atoms with van der Waals surface area (Å²) in [5, 5.41) is 7.42. The van der Waals surface area contributed by atoms with Gasteiger partial charge >= 0.3 is 0 Å². The number of likely N-dealkylation sites (tertiary alicyclic amines) is 1. The number of nitrogens with one attached hydrogen (secondary N) is 1. The van der Waals surface area contributed by atoms with E-state index in [1.54, 1.807) is 24.4 Å². The minimum atomic E-state index is -0.0588. The summed E-state index contributed by atoms with van der Waals surface area (Å²) >= 11 is 6.13. The maximum absolute atomic E-state index is 12.6. The van der Waals surface area contributed by atoms with Gasteiger partial charge < -0.3 is 10.6 Å². The molecule has 2 heterocycles. The van der Waals surface area contributed by atoms with Crippen molar-refractivity contribution in [2.75, 3.05) is 18.8 Å². The second kappa shape index (κ2) is 5.77. The van der Waals surface area contributed by atoms with Gasteiger partial charge in [0, 0.05) is 36.6 Å². The summed E-state index contributed by atoms with van der Waals surface area (Å²) in [7, 11) is 0. The van der Waals surface area contributed by atoms with Gasteiger partial charge in [0.15, 0.2) is 0 Å². The molecule has 5 nitrogen and oxygen atoms in total. The normalized spacial score (nSPS) is 18.7. The van der Waals surface area contributed by atoms with E-state index in [9.17, 15) is 4.79 Å². The van der Waals surface area contributed by atoms with Gasteiger partial charge in [-0.25, -0.2) is 0 Å². The first-order valence-corrected chi connectivity index (χ1v) is 7.36. The third-order valence-electron chi connectivity index (χ3n) is 3.89. The molecule has 1 unspecified atom stereocenters. The number of H-pyrrole nitrogens is 1. The average molecular weight is 305 g/mol. The number of nitrogens with zero attached hydrogens (tertiary/aromatic N) is 2. The molecular weight excluding hydrogens is 288 g/mol. The fourth-order valence-corrected chi connectivity index (χ4v) is 2.98. The molecule has 110 valence electrons. The van der Waals surface area contributed by atoms with E-state index in [1.165, 1.54) is 0 Å². The summed E-state index contributed by atoms with van der Waals surface area (Å²) in [5.74, 6) is 0.238. The topological polar surface area (TPSA) is 75.0 Å². The number of hydrogen-bond donors (Lipinski definition) is 2. The number of benzene rings is 1. The number of piperidine rings is 1. The van der Waals surface area contributed by atoms with Crippen molar-refractivity contribution in [3.8, 4) is 0 Å². The molecule has 0 spiro atoms. The number of carbonyl (C=O) groups excluding carboxylic acids is 1. The molecule has 2 aromatic rings. The molecule has 0 radical (unpaired) electrons. The Kier molecular flexibility index (Phi) is 3.84. The van der Waals surface area contributed by atoms with Crippen LogP contribution in [0.4, 0.5) is 5.69 Å². The Bertz CT molecular complexity index is 641. The van der Waals surface area contributed by atoms with Gasteiger partial charge in [-0.3, -0.25) is 9.89 Å². The number of anilines is 1. The summed E-state index contributed by atoms with van der Waals surface area (Å²) in [6, 6.07) is 6.97. The van der Waals surface area contributed by atoms with Crippen LogP contribution in [0.1, 0.15) is 34.8 Å². The van der Waals surface area contributed by atoms with Crippen molar-refractivity contribution in [1.82, 2.24) is 15.1 Å². The van der Waals surface area contributed by atoms with E-state index in [2.05, 4.69) is 10.2 Å². The number of aromatic amines is 1. The third kappa shape index (κ3) is 2.88.